The normalized spacial score (nSPS) is 23.5. The Bertz CT molecular complexity index is 7300. The average Bonchev–Trinajstić information content (AvgIpc) is 0.986. The molecule has 1 unspecified atom stereocenters. The molecule has 12 atom stereocenters. The summed E-state index contributed by atoms with van der Waals surface area (Å²) in [5.74, 6) is -9.44. The average molecular weight is 2190 g/mol. The molecule has 0 aliphatic carbocycles. The molecule has 12 aromatic rings. The number of nitrogens with zero attached hydrogens (tertiary/aromatic N) is 6. The molecule has 0 radical (unpaired) electrons. The van der Waals surface area contributed by atoms with E-state index in [1.165, 1.54) is 35.0 Å². The topological polar surface area (TPSA) is 366 Å². The van der Waals surface area contributed by atoms with Crippen molar-refractivity contribution >= 4 is 101 Å². The maximum absolute atomic E-state index is 15.4. The van der Waals surface area contributed by atoms with Gasteiger partial charge >= 0.3 is 0 Å². The smallest absolute Gasteiger partial charge is 0.223 e. The molecular weight excluding hydrogens is 2090 g/mol. The van der Waals surface area contributed by atoms with Crippen molar-refractivity contribution in [2.75, 3.05) is 87.4 Å². The first-order valence-electron chi connectivity index (χ1n) is 46.6. The zero-order valence-corrected chi connectivity index (χ0v) is 84.8. The molecule has 145 heavy (non-hydrogen) atoms. The lowest BCUT2D eigenvalue weighted by Gasteiger charge is -2.51. The van der Waals surface area contributed by atoms with Crippen molar-refractivity contribution in [1.82, 2.24) is 30.1 Å². The molecule has 0 saturated carbocycles. The largest absolute Gasteiger partial charge is 0.490 e. The maximum atomic E-state index is 15.4. The van der Waals surface area contributed by atoms with E-state index >= 15 is 17.6 Å². The van der Waals surface area contributed by atoms with E-state index < -0.39 is 176 Å². The molecule has 20 rings (SSSR count). The second-order valence-corrected chi connectivity index (χ2v) is 49.9. The van der Waals surface area contributed by atoms with Gasteiger partial charge in [-0.1, -0.05) is 105 Å². The predicted molar refractivity (Wildman–Crippen MR) is 520 cm³/mol. The van der Waals surface area contributed by atoms with Gasteiger partial charge in [0.2, 0.25) is 12.3 Å². The standard InChI is InChI=1S/C27H26ClF2NO4S.C25H25ClF2N2O6S2.C25H25ClF2N2O5S.C24H23ClF2N2O5S/c28-18-7-5-17(6-8-18)15-27-12-13-34-23(11-14-36(32,33)24-4-2-1-3-22(24)31)19(27)16-35-26-21(30)10-9-20(29)25(26)27;26-17-2-4-18(5-3-17)38(33,34)25-9-13-35-22(8-14-37(31,32)15-12-30-11-1-10-29-30)19(25)16-36-24-21(28)7-6-20(27)23(24)25;1-15-29-22(30-35-15)14-36(31,32)11-8-21-18-13-34-24-20(28)7-6-19(27)23(24)25(18,9-10-33-21)12-16-2-4-17(26)5-3-16;25-16-3-1-15(2-4-16)11-24-8-9-32-20(7-10-35(30,31)13-21-28-14-34-29-21)17(24)12-33-23-19(27)6-5-18(26)22(23)24/h1-10,19,23H,11-16,31H2;1-7,10-11,19,22H,8-9,12-16H2;2-7,18,21H,8-14H2,1H3;1-6,14,17,20H,7-13H2/t19-,23-,27-;19-,22-,25-;18-,21?,25-;17-,20-,24-/m0000/s1. The number of anilines is 1. The van der Waals surface area contributed by atoms with Gasteiger partial charge < -0.3 is 52.7 Å². The molecular formula is C101H99Cl4F8N7O20S5. The SMILES string of the molecule is Cc1nc(CS(=O)(=O)CCC2OCC[C@@]3(Cc4ccc(Cl)cc4)c4c(F)ccc(F)c4OC[C@@H]23)no1.Nc1ccccc1S(=O)(=O)CC[C@@H]1OCC[C@@]2(Cc3ccc(Cl)cc3)c3c(F)ccc(F)c3OC[C@@H]12.O=S(=O)(CC[C@@H]1OCC[C@@]2(Cc3ccc(Cl)cc3)c3c(F)ccc(F)c3OC[C@@H]12)Cc1ncon1.O=S(=O)(CC[C@@H]1OCC[C@@]2(S(=O)(=O)c3ccc(Cl)cc3)c3c(F)ccc(F)c3OC[C@@H]12)CCn1cccn1. The van der Waals surface area contributed by atoms with Crippen molar-refractivity contribution < 1.29 is 124 Å². The van der Waals surface area contributed by atoms with Gasteiger partial charge in [-0.15, -0.1) is 0 Å². The van der Waals surface area contributed by atoms with Crippen LogP contribution in [-0.2, 0) is 126 Å². The minimum atomic E-state index is -4.37. The number of aromatic nitrogens is 6. The maximum Gasteiger partial charge on any atom is 0.223 e. The third-order valence-corrected chi connectivity index (χ3v) is 38.7. The molecule has 9 aromatic carbocycles. The second-order valence-electron chi connectivity index (χ2n) is 37.2. The van der Waals surface area contributed by atoms with Crippen molar-refractivity contribution in [3.8, 4) is 23.0 Å². The van der Waals surface area contributed by atoms with Crippen LogP contribution in [0.5, 0.6) is 23.0 Å². The summed E-state index contributed by atoms with van der Waals surface area (Å²) in [5.41, 5.74) is 6.46. The molecule has 2 N–H and O–H groups in total. The summed E-state index contributed by atoms with van der Waals surface area (Å²) in [7, 11) is -18.7. The van der Waals surface area contributed by atoms with Gasteiger partial charge in [0.1, 0.15) is 39.5 Å². The molecule has 3 aromatic heterocycles. The fraction of sp³-hybridized carbons (Fsp3) is 0.396. The number of ether oxygens (including phenoxy) is 8. The van der Waals surface area contributed by atoms with E-state index in [4.69, 9.17) is 94.6 Å². The number of nitrogen functional groups attached to an aromatic ring is 1. The first-order chi connectivity index (χ1) is 69.2. The fourth-order valence-electron chi connectivity index (χ4n) is 21.8. The summed E-state index contributed by atoms with van der Waals surface area (Å²) >= 11 is 24.2. The molecule has 4 fully saturated rings. The molecule has 8 aliphatic heterocycles. The van der Waals surface area contributed by atoms with Crippen LogP contribution < -0.4 is 24.7 Å². The van der Waals surface area contributed by atoms with Crippen LogP contribution in [0, 0.1) is 77.1 Å². The Morgan fingerprint density at radius 2 is 0.779 bits per heavy atom. The van der Waals surface area contributed by atoms with Crippen molar-refractivity contribution in [3.63, 3.8) is 0 Å². The third-order valence-electron chi connectivity index (χ3n) is 28.6. The number of aryl methyl sites for hydroxylation is 2. The molecule has 0 spiro atoms. The van der Waals surface area contributed by atoms with Gasteiger partial charge in [0.25, 0.3) is 0 Å². The summed E-state index contributed by atoms with van der Waals surface area (Å²) in [5, 5.41) is 13.3. The van der Waals surface area contributed by atoms with Crippen molar-refractivity contribution in [1.29, 1.82) is 0 Å². The number of rotatable bonds is 28. The number of halogens is 12. The van der Waals surface area contributed by atoms with Gasteiger partial charge in [-0.05, 0) is 215 Å². The van der Waals surface area contributed by atoms with Crippen LogP contribution in [-0.4, -0.2) is 178 Å². The molecule has 8 aliphatic rings. The lowest BCUT2D eigenvalue weighted by atomic mass is 9.60. The Morgan fingerprint density at radius 1 is 0.407 bits per heavy atom. The Morgan fingerprint density at radius 3 is 1.18 bits per heavy atom. The number of para-hydroxylation sites is 1. The lowest BCUT2D eigenvalue weighted by molar-refractivity contribution is -0.0965. The van der Waals surface area contributed by atoms with E-state index in [1.807, 2.05) is 36.4 Å². The Balaban J connectivity index is 0.000000132. The van der Waals surface area contributed by atoms with Gasteiger partial charge in [-0.25, -0.2) is 77.2 Å². The minimum Gasteiger partial charge on any atom is -0.490 e. The van der Waals surface area contributed by atoms with Crippen LogP contribution in [0.1, 0.15) is 108 Å². The number of sulfone groups is 5. The lowest BCUT2D eigenvalue weighted by Crippen LogP contribution is -2.57. The van der Waals surface area contributed by atoms with E-state index in [0.717, 1.165) is 71.6 Å². The van der Waals surface area contributed by atoms with E-state index in [-0.39, 0.29) is 199 Å². The van der Waals surface area contributed by atoms with Gasteiger partial charge in [0.15, 0.2) is 107 Å². The van der Waals surface area contributed by atoms with Crippen LogP contribution >= 0.6 is 46.4 Å². The quantitative estimate of drug-likeness (QED) is 0.0351. The minimum absolute atomic E-state index is 0.0420. The van der Waals surface area contributed by atoms with E-state index in [2.05, 4.69) is 29.9 Å². The molecule has 0 amide bonds. The summed E-state index contributed by atoms with van der Waals surface area (Å²) in [4.78, 5) is 7.70. The molecule has 772 valence electrons. The highest BCUT2D eigenvalue weighted by Gasteiger charge is 2.63. The summed E-state index contributed by atoms with van der Waals surface area (Å²) in [6, 6.07) is 43.5. The van der Waals surface area contributed by atoms with Crippen LogP contribution in [0.3, 0.4) is 0 Å². The predicted octanol–water partition coefficient (Wildman–Crippen LogP) is 18.0. The van der Waals surface area contributed by atoms with Gasteiger partial charge in [0, 0.05) is 122 Å². The fourth-order valence-corrected chi connectivity index (χ4v) is 29.9. The summed E-state index contributed by atoms with van der Waals surface area (Å²) < 4.78 is 308. The van der Waals surface area contributed by atoms with E-state index in [1.54, 1.807) is 80.0 Å². The number of hydrogen-bond donors (Lipinski definition) is 1. The van der Waals surface area contributed by atoms with E-state index in [9.17, 15) is 59.7 Å². The molecule has 11 heterocycles. The number of fused-ring (bicyclic) bond motifs is 12. The Labute approximate surface area is 852 Å². The number of hydrogen-bond acceptors (Lipinski definition) is 26. The van der Waals surface area contributed by atoms with Crippen molar-refractivity contribution in [3.05, 3.63) is 318 Å². The third kappa shape index (κ3) is 22.7. The highest BCUT2D eigenvalue weighted by Crippen LogP contribution is 2.60. The second kappa shape index (κ2) is 43.8. The zero-order valence-electron chi connectivity index (χ0n) is 77.7. The van der Waals surface area contributed by atoms with Crippen molar-refractivity contribution in [2.24, 2.45) is 23.7 Å². The van der Waals surface area contributed by atoms with Crippen LogP contribution in [0.4, 0.5) is 40.8 Å². The van der Waals surface area contributed by atoms with Gasteiger partial charge in [0.05, 0.1) is 107 Å². The highest BCUT2D eigenvalue weighted by molar-refractivity contribution is 7.92. The summed E-state index contributed by atoms with van der Waals surface area (Å²) in [6.07, 6.45) is 4.57. The molecule has 0 bridgehead atoms. The monoisotopic (exact) mass is 2180 g/mol. The van der Waals surface area contributed by atoms with Crippen LogP contribution in [0.2, 0.25) is 20.1 Å². The molecule has 4 saturated heterocycles. The van der Waals surface area contributed by atoms with E-state index in [0.29, 0.717) is 58.6 Å². The zero-order chi connectivity index (χ0) is 103. The first kappa shape index (κ1) is 106. The van der Waals surface area contributed by atoms with Gasteiger partial charge in [-0.3, -0.25) is 4.68 Å². The summed E-state index contributed by atoms with van der Waals surface area (Å²) in [6.45, 7) is 2.42. The highest BCUT2D eigenvalue weighted by atomic mass is 35.5. The van der Waals surface area contributed by atoms with Gasteiger partial charge in [-0.2, -0.15) is 15.1 Å². The van der Waals surface area contributed by atoms with Crippen LogP contribution in [0.15, 0.2) is 214 Å². The molecule has 44 heteroatoms. The Kier molecular flexibility index (Phi) is 32.0. The van der Waals surface area contributed by atoms with Crippen molar-refractivity contribution in [2.45, 2.75) is 151 Å². The number of nitrogens with two attached hydrogens (primary N) is 1. The first-order valence-corrected chi connectivity index (χ1v) is 56.7. The number of benzene rings is 9. The molecule has 27 nitrogen and oxygen atoms in total. The van der Waals surface area contributed by atoms with Crippen LogP contribution in [0.25, 0.3) is 0 Å². The Hall–Kier alpha value is -10.3.